The van der Waals surface area contributed by atoms with E-state index in [1.807, 2.05) is 19.3 Å². The zero-order valence-electron chi connectivity index (χ0n) is 13.3. The summed E-state index contributed by atoms with van der Waals surface area (Å²) in [5, 5.41) is 0. The molecule has 2 nitrogen and oxygen atoms in total. The summed E-state index contributed by atoms with van der Waals surface area (Å²) in [5.41, 5.74) is 3.19. The van der Waals surface area contributed by atoms with Crippen molar-refractivity contribution in [1.82, 2.24) is 9.97 Å². The molecule has 0 spiro atoms. The second-order valence-electron chi connectivity index (χ2n) is 6.39. The lowest BCUT2D eigenvalue weighted by atomic mass is 9.83. The van der Waals surface area contributed by atoms with Crippen molar-refractivity contribution < 1.29 is 0 Å². The van der Waals surface area contributed by atoms with Gasteiger partial charge in [0.05, 0.1) is 0 Å². The van der Waals surface area contributed by atoms with Gasteiger partial charge in [-0.05, 0) is 68.4 Å². The molecule has 1 heterocycles. The molecule has 2 heteroatoms. The number of rotatable bonds is 1. The number of benzene rings is 1. The molecule has 2 aromatic rings. The van der Waals surface area contributed by atoms with Crippen LogP contribution < -0.4 is 0 Å². The van der Waals surface area contributed by atoms with Crippen LogP contribution in [0.4, 0.5) is 0 Å². The van der Waals surface area contributed by atoms with E-state index in [1.54, 1.807) is 0 Å². The second kappa shape index (κ2) is 6.75. The molecule has 0 N–H and O–H groups in total. The lowest BCUT2D eigenvalue weighted by Gasteiger charge is -2.21. The molecule has 1 aliphatic carbocycles. The van der Waals surface area contributed by atoms with Gasteiger partial charge in [0.1, 0.15) is 0 Å². The highest BCUT2D eigenvalue weighted by Crippen LogP contribution is 2.27. The van der Waals surface area contributed by atoms with Crippen LogP contribution in [0.3, 0.4) is 0 Å². The van der Waals surface area contributed by atoms with E-state index < -0.39 is 0 Å². The molecule has 1 aromatic heterocycles. The molecule has 0 saturated heterocycles. The Bertz CT molecular complexity index is 666. The highest BCUT2D eigenvalue weighted by atomic mass is 14.9. The maximum Gasteiger partial charge on any atom is 0.159 e. The predicted octanol–water partition coefficient (Wildman–Crippen LogP) is 4.63. The summed E-state index contributed by atoms with van der Waals surface area (Å²) in [6.45, 7) is 4.34. The highest BCUT2D eigenvalue weighted by molar-refractivity contribution is 5.56. The standard InChI is InChI=1S/C20H22N2/c1-15-3-5-17(6-4-15)7-8-18-9-11-19(12-10-18)20-21-13-16(2)14-22-20/h9-15,17H,3-6H2,1-2H3. The Morgan fingerprint density at radius 2 is 1.59 bits per heavy atom. The smallest absolute Gasteiger partial charge is 0.159 e. The third kappa shape index (κ3) is 3.74. The van der Waals surface area contributed by atoms with Gasteiger partial charge in [-0.2, -0.15) is 0 Å². The Morgan fingerprint density at radius 3 is 2.23 bits per heavy atom. The van der Waals surface area contributed by atoms with Gasteiger partial charge in [0.25, 0.3) is 0 Å². The third-order valence-electron chi connectivity index (χ3n) is 4.36. The van der Waals surface area contributed by atoms with Gasteiger partial charge in [-0.3, -0.25) is 0 Å². The quantitative estimate of drug-likeness (QED) is 0.716. The monoisotopic (exact) mass is 290 g/mol. The Balaban J connectivity index is 1.68. The summed E-state index contributed by atoms with van der Waals surface area (Å²) < 4.78 is 0. The zero-order valence-corrected chi connectivity index (χ0v) is 13.3. The predicted molar refractivity (Wildman–Crippen MR) is 90.2 cm³/mol. The second-order valence-corrected chi connectivity index (χ2v) is 6.39. The molecule has 22 heavy (non-hydrogen) atoms. The molecule has 1 fully saturated rings. The van der Waals surface area contributed by atoms with Gasteiger partial charge in [0, 0.05) is 29.4 Å². The molecule has 0 radical (unpaired) electrons. The van der Waals surface area contributed by atoms with Crippen LogP contribution in [0.15, 0.2) is 36.7 Å². The first-order valence-corrected chi connectivity index (χ1v) is 8.11. The van der Waals surface area contributed by atoms with Crippen molar-refractivity contribution in [1.29, 1.82) is 0 Å². The number of hydrogen-bond donors (Lipinski definition) is 0. The molecule has 0 amide bonds. The van der Waals surface area contributed by atoms with E-state index in [1.165, 1.54) is 25.7 Å². The van der Waals surface area contributed by atoms with Crippen LogP contribution in [-0.4, -0.2) is 9.97 Å². The van der Waals surface area contributed by atoms with E-state index >= 15 is 0 Å². The van der Waals surface area contributed by atoms with Crippen LogP contribution in [0.25, 0.3) is 11.4 Å². The first-order chi connectivity index (χ1) is 10.7. The minimum atomic E-state index is 0.580. The first-order valence-electron chi connectivity index (χ1n) is 8.11. The van der Waals surface area contributed by atoms with Gasteiger partial charge in [0.15, 0.2) is 5.82 Å². The van der Waals surface area contributed by atoms with Crippen LogP contribution in [0.2, 0.25) is 0 Å². The van der Waals surface area contributed by atoms with Crippen LogP contribution in [0, 0.1) is 30.6 Å². The maximum atomic E-state index is 4.36. The molecule has 0 unspecified atom stereocenters. The third-order valence-corrected chi connectivity index (χ3v) is 4.36. The van der Waals surface area contributed by atoms with Crippen molar-refractivity contribution in [2.24, 2.45) is 11.8 Å². The molecular formula is C20H22N2. The van der Waals surface area contributed by atoms with Crippen molar-refractivity contribution in [3.8, 4) is 23.2 Å². The number of aromatic nitrogens is 2. The van der Waals surface area contributed by atoms with E-state index in [4.69, 9.17) is 0 Å². The van der Waals surface area contributed by atoms with E-state index in [9.17, 15) is 0 Å². The van der Waals surface area contributed by atoms with Gasteiger partial charge in [-0.15, -0.1) is 0 Å². The Morgan fingerprint density at radius 1 is 0.955 bits per heavy atom. The number of hydrogen-bond acceptors (Lipinski definition) is 2. The highest BCUT2D eigenvalue weighted by Gasteiger charge is 2.15. The van der Waals surface area contributed by atoms with Crippen molar-refractivity contribution >= 4 is 0 Å². The fourth-order valence-electron chi connectivity index (χ4n) is 2.83. The molecule has 0 aliphatic heterocycles. The summed E-state index contributed by atoms with van der Waals surface area (Å²) in [4.78, 5) is 8.72. The summed E-state index contributed by atoms with van der Waals surface area (Å²) in [6, 6.07) is 8.24. The van der Waals surface area contributed by atoms with Gasteiger partial charge in [-0.25, -0.2) is 9.97 Å². The Labute approximate surface area is 133 Å². The molecule has 112 valence electrons. The van der Waals surface area contributed by atoms with Crippen molar-refractivity contribution in [3.05, 3.63) is 47.8 Å². The molecule has 1 aromatic carbocycles. The molecule has 0 atom stereocenters. The van der Waals surface area contributed by atoms with Gasteiger partial charge >= 0.3 is 0 Å². The van der Waals surface area contributed by atoms with E-state index in [-0.39, 0.29) is 0 Å². The molecular weight excluding hydrogens is 268 g/mol. The van der Waals surface area contributed by atoms with Crippen LogP contribution >= 0.6 is 0 Å². The fraction of sp³-hybridized carbons (Fsp3) is 0.400. The van der Waals surface area contributed by atoms with Gasteiger partial charge in [-0.1, -0.05) is 18.8 Å². The van der Waals surface area contributed by atoms with Gasteiger partial charge in [0.2, 0.25) is 0 Å². The summed E-state index contributed by atoms with van der Waals surface area (Å²) in [5.74, 6) is 9.00. The summed E-state index contributed by atoms with van der Waals surface area (Å²) in [6.07, 6.45) is 8.85. The molecule has 1 aliphatic rings. The van der Waals surface area contributed by atoms with Crippen molar-refractivity contribution in [2.45, 2.75) is 39.5 Å². The number of nitrogens with zero attached hydrogens (tertiary/aromatic N) is 2. The average Bonchev–Trinajstić information content (AvgIpc) is 2.56. The minimum Gasteiger partial charge on any atom is -0.236 e. The van der Waals surface area contributed by atoms with Crippen LogP contribution in [0.1, 0.15) is 43.7 Å². The van der Waals surface area contributed by atoms with E-state index in [0.29, 0.717) is 5.92 Å². The Hall–Kier alpha value is -2.14. The van der Waals surface area contributed by atoms with Crippen LogP contribution in [0.5, 0.6) is 0 Å². The molecule has 0 bridgehead atoms. The minimum absolute atomic E-state index is 0.580. The van der Waals surface area contributed by atoms with Crippen molar-refractivity contribution in [3.63, 3.8) is 0 Å². The lowest BCUT2D eigenvalue weighted by Crippen LogP contribution is -2.10. The summed E-state index contributed by atoms with van der Waals surface area (Å²) in [7, 11) is 0. The Kier molecular flexibility index (Phi) is 4.53. The van der Waals surface area contributed by atoms with E-state index in [0.717, 1.165) is 28.4 Å². The van der Waals surface area contributed by atoms with Crippen LogP contribution in [-0.2, 0) is 0 Å². The first kappa shape index (κ1) is 14.8. The molecule has 3 rings (SSSR count). The SMILES string of the molecule is Cc1cnc(-c2ccc(C#CC3CCC(C)CC3)cc2)nc1. The van der Waals surface area contributed by atoms with Gasteiger partial charge < -0.3 is 0 Å². The topological polar surface area (TPSA) is 25.8 Å². The number of aryl methyl sites for hydroxylation is 1. The molecule has 1 saturated carbocycles. The zero-order chi connectivity index (χ0) is 15.4. The van der Waals surface area contributed by atoms with Crippen molar-refractivity contribution in [2.75, 3.05) is 0 Å². The average molecular weight is 290 g/mol. The largest absolute Gasteiger partial charge is 0.236 e. The fourth-order valence-corrected chi connectivity index (χ4v) is 2.83. The normalized spacial score (nSPS) is 21.0. The summed E-state index contributed by atoms with van der Waals surface area (Å²) >= 11 is 0. The maximum absolute atomic E-state index is 4.36. The van der Waals surface area contributed by atoms with E-state index in [2.05, 4.69) is 53.0 Å². The lowest BCUT2D eigenvalue weighted by molar-refractivity contribution is 0.337.